The molecule has 27 heavy (non-hydrogen) atoms. The van der Waals surface area contributed by atoms with E-state index in [4.69, 9.17) is 0 Å². The van der Waals surface area contributed by atoms with Gasteiger partial charge in [0.2, 0.25) is 0 Å². The third kappa shape index (κ3) is 4.43. The molecule has 0 bridgehead atoms. The van der Waals surface area contributed by atoms with Crippen molar-refractivity contribution in [2.45, 2.75) is 45.2 Å². The molecule has 1 aromatic heterocycles. The highest BCUT2D eigenvalue weighted by Crippen LogP contribution is 2.31. The first kappa shape index (κ1) is 18.3. The molecule has 6 heteroatoms. The molecule has 1 aromatic carbocycles. The molecule has 2 heterocycles. The highest BCUT2D eigenvalue weighted by molar-refractivity contribution is 5.79. The number of nitrogens with zero attached hydrogens (tertiary/aromatic N) is 4. The molecule has 1 saturated carbocycles. The van der Waals surface area contributed by atoms with E-state index in [0.29, 0.717) is 0 Å². The first-order valence-corrected chi connectivity index (χ1v) is 10.3. The number of aryl methyl sites for hydroxylation is 2. The molecule has 1 atom stereocenters. The fraction of sp³-hybridized carbons (Fsp3) is 0.619. The lowest BCUT2D eigenvalue weighted by molar-refractivity contribution is 0.314. The lowest BCUT2D eigenvalue weighted by atomic mass is 10.1. The number of imidazole rings is 1. The van der Waals surface area contributed by atoms with Gasteiger partial charge >= 0.3 is 0 Å². The number of likely N-dealkylation sites (tertiary alicyclic amines) is 1. The van der Waals surface area contributed by atoms with Crippen LogP contribution in [-0.4, -0.2) is 59.7 Å². The van der Waals surface area contributed by atoms with E-state index in [1.165, 1.54) is 37.9 Å². The summed E-state index contributed by atoms with van der Waals surface area (Å²) in [6, 6.07) is 9.25. The summed E-state index contributed by atoms with van der Waals surface area (Å²) in [6.45, 7) is 7.51. The van der Waals surface area contributed by atoms with Gasteiger partial charge in [0.15, 0.2) is 5.96 Å². The van der Waals surface area contributed by atoms with Gasteiger partial charge in [0.1, 0.15) is 5.82 Å². The monoisotopic (exact) mass is 368 g/mol. The van der Waals surface area contributed by atoms with Crippen molar-refractivity contribution >= 4 is 17.0 Å². The fourth-order valence-corrected chi connectivity index (χ4v) is 4.18. The number of aliphatic imine (C=N–C) groups is 1. The first-order valence-electron chi connectivity index (χ1n) is 10.3. The van der Waals surface area contributed by atoms with Gasteiger partial charge in [0.05, 0.1) is 11.0 Å². The Kier molecular flexibility index (Phi) is 5.62. The second-order valence-corrected chi connectivity index (χ2v) is 7.91. The number of rotatable bonds is 7. The normalized spacial score (nSPS) is 21.1. The van der Waals surface area contributed by atoms with E-state index >= 15 is 0 Å². The van der Waals surface area contributed by atoms with Crippen LogP contribution in [-0.2, 0) is 6.54 Å². The standard InChI is InChI=1S/C21H32N6/c1-16-25-19-6-3-4-7-20(19)27(16)12-5-11-23-21(22-2)24-14-17-10-13-26(15-17)18-8-9-18/h3-4,6-7,17-18H,5,8-15H2,1-2H3,(H2,22,23,24). The Morgan fingerprint density at radius 3 is 2.89 bits per heavy atom. The second-order valence-electron chi connectivity index (χ2n) is 7.91. The summed E-state index contributed by atoms with van der Waals surface area (Å²) in [7, 11) is 1.86. The van der Waals surface area contributed by atoms with Gasteiger partial charge in [-0.2, -0.15) is 0 Å². The van der Waals surface area contributed by atoms with Crippen LogP contribution in [0, 0.1) is 12.8 Å². The Morgan fingerprint density at radius 1 is 1.22 bits per heavy atom. The fourth-order valence-electron chi connectivity index (χ4n) is 4.18. The van der Waals surface area contributed by atoms with E-state index in [1.54, 1.807) is 0 Å². The number of hydrogen-bond acceptors (Lipinski definition) is 3. The van der Waals surface area contributed by atoms with E-state index in [9.17, 15) is 0 Å². The average Bonchev–Trinajstić information content (AvgIpc) is 3.34. The highest BCUT2D eigenvalue weighted by Gasteiger charge is 2.34. The smallest absolute Gasteiger partial charge is 0.190 e. The van der Waals surface area contributed by atoms with Crippen LogP contribution in [0.1, 0.15) is 31.5 Å². The molecular weight excluding hydrogens is 336 g/mol. The van der Waals surface area contributed by atoms with Gasteiger partial charge in [-0.3, -0.25) is 4.99 Å². The molecule has 6 nitrogen and oxygen atoms in total. The molecule has 4 rings (SSSR count). The minimum Gasteiger partial charge on any atom is -0.356 e. The van der Waals surface area contributed by atoms with Crippen LogP contribution in [0.4, 0.5) is 0 Å². The molecule has 2 fully saturated rings. The minimum atomic E-state index is 0.754. The predicted octanol–water partition coefficient (Wildman–Crippen LogP) is 2.38. The summed E-state index contributed by atoms with van der Waals surface area (Å²) in [4.78, 5) is 11.7. The van der Waals surface area contributed by atoms with Crippen LogP contribution in [0.5, 0.6) is 0 Å². The molecule has 1 aliphatic carbocycles. The van der Waals surface area contributed by atoms with Crippen LogP contribution >= 0.6 is 0 Å². The van der Waals surface area contributed by atoms with Crippen molar-refractivity contribution in [2.75, 3.05) is 33.2 Å². The van der Waals surface area contributed by atoms with E-state index in [1.807, 2.05) is 13.1 Å². The number of para-hydroxylation sites is 2. The van der Waals surface area contributed by atoms with Crippen LogP contribution in [0.25, 0.3) is 11.0 Å². The van der Waals surface area contributed by atoms with Gasteiger partial charge in [-0.15, -0.1) is 0 Å². The molecule has 0 radical (unpaired) electrons. The quantitative estimate of drug-likeness (QED) is 0.448. The summed E-state index contributed by atoms with van der Waals surface area (Å²) in [5.74, 6) is 2.76. The molecule has 1 unspecified atom stereocenters. The maximum atomic E-state index is 4.64. The van der Waals surface area contributed by atoms with Crippen molar-refractivity contribution in [3.63, 3.8) is 0 Å². The number of hydrogen-bond donors (Lipinski definition) is 2. The van der Waals surface area contributed by atoms with Gasteiger partial charge in [-0.25, -0.2) is 4.98 Å². The molecule has 1 aliphatic heterocycles. The van der Waals surface area contributed by atoms with Crippen LogP contribution in [0.3, 0.4) is 0 Å². The summed E-state index contributed by atoms with van der Waals surface area (Å²) in [6.07, 6.45) is 5.18. The third-order valence-corrected chi connectivity index (χ3v) is 5.86. The first-order chi connectivity index (χ1) is 13.2. The Balaban J connectivity index is 1.19. The van der Waals surface area contributed by atoms with Crippen molar-refractivity contribution in [3.8, 4) is 0 Å². The van der Waals surface area contributed by atoms with Gasteiger partial charge in [-0.05, 0) is 57.2 Å². The van der Waals surface area contributed by atoms with Crippen molar-refractivity contribution in [1.29, 1.82) is 0 Å². The maximum Gasteiger partial charge on any atom is 0.190 e. The number of nitrogens with one attached hydrogen (secondary N) is 2. The topological polar surface area (TPSA) is 57.5 Å². The Morgan fingerprint density at radius 2 is 2.07 bits per heavy atom. The van der Waals surface area contributed by atoms with Crippen molar-refractivity contribution in [1.82, 2.24) is 25.1 Å². The van der Waals surface area contributed by atoms with E-state index in [2.05, 4.69) is 55.2 Å². The SMILES string of the molecule is CN=C(NCCCn1c(C)nc2ccccc21)NCC1CCN(C2CC2)C1. The molecule has 2 aliphatic rings. The molecule has 146 valence electrons. The van der Waals surface area contributed by atoms with E-state index in [0.717, 1.165) is 55.3 Å². The zero-order valence-electron chi connectivity index (χ0n) is 16.6. The maximum absolute atomic E-state index is 4.64. The summed E-state index contributed by atoms with van der Waals surface area (Å²) in [5.41, 5.74) is 2.30. The van der Waals surface area contributed by atoms with Gasteiger partial charge in [0, 0.05) is 39.3 Å². The van der Waals surface area contributed by atoms with E-state index in [-0.39, 0.29) is 0 Å². The van der Waals surface area contributed by atoms with Crippen molar-refractivity contribution in [3.05, 3.63) is 30.1 Å². The zero-order chi connectivity index (χ0) is 18.6. The van der Waals surface area contributed by atoms with Crippen molar-refractivity contribution in [2.24, 2.45) is 10.9 Å². The highest BCUT2D eigenvalue weighted by atomic mass is 15.2. The summed E-state index contributed by atoms with van der Waals surface area (Å²) >= 11 is 0. The number of guanidine groups is 1. The second kappa shape index (κ2) is 8.30. The number of benzene rings is 1. The van der Waals surface area contributed by atoms with E-state index < -0.39 is 0 Å². The van der Waals surface area contributed by atoms with Crippen LogP contribution < -0.4 is 10.6 Å². The Labute approximate surface area is 162 Å². The van der Waals surface area contributed by atoms with Gasteiger partial charge in [0.25, 0.3) is 0 Å². The summed E-state index contributed by atoms with van der Waals surface area (Å²) < 4.78 is 2.30. The number of fused-ring (bicyclic) bond motifs is 1. The third-order valence-electron chi connectivity index (χ3n) is 5.86. The number of aromatic nitrogens is 2. The molecule has 0 spiro atoms. The average molecular weight is 369 g/mol. The minimum absolute atomic E-state index is 0.754. The lowest BCUT2D eigenvalue weighted by Crippen LogP contribution is -2.40. The molecule has 2 aromatic rings. The van der Waals surface area contributed by atoms with Crippen LogP contribution in [0.2, 0.25) is 0 Å². The summed E-state index contributed by atoms with van der Waals surface area (Å²) in [5, 5.41) is 6.98. The molecule has 0 amide bonds. The Bertz CT molecular complexity index is 791. The largest absolute Gasteiger partial charge is 0.356 e. The van der Waals surface area contributed by atoms with Gasteiger partial charge < -0.3 is 20.1 Å². The Hall–Kier alpha value is -2.08. The molecule has 2 N–H and O–H groups in total. The van der Waals surface area contributed by atoms with Gasteiger partial charge in [-0.1, -0.05) is 12.1 Å². The molecular formula is C21H32N6. The lowest BCUT2D eigenvalue weighted by Gasteiger charge is -2.17. The molecule has 1 saturated heterocycles. The predicted molar refractivity (Wildman–Crippen MR) is 111 cm³/mol. The zero-order valence-corrected chi connectivity index (χ0v) is 16.6. The van der Waals surface area contributed by atoms with Crippen molar-refractivity contribution < 1.29 is 0 Å². The van der Waals surface area contributed by atoms with Crippen LogP contribution in [0.15, 0.2) is 29.3 Å².